The van der Waals surface area contributed by atoms with Crippen molar-refractivity contribution in [1.82, 2.24) is 14.8 Å². The number of nitrogens with zero attached hydrogens (tertiary/aromatic N) is 3. The van der Waals surface area contributed by atoms with Crippen molar-refractivity contribution in [3.8, 4) is 0 Å². The number of hydrogen-bond acceptors (Lipinski definition) is 4. The first kappa shape index (κ1) is 17.4. The molecule has 2 aliphatic heterocycles. The summed E-state index contributed by atoms with van der Waals surface area (Å²) in [6.45, 7) is 6.58. The maximum Gasteiger partial charge on any atom is 0.222 e. The van der Waals surface area contributed by atoms with Gasteiger partial charge in [0, 0.05) is 58.1 Å². The number of carbonyl (C=O) groups excluding carboxylic acids is 1. The maximum absolute atomic E-state index is 11.9. The van der Waals surface area contributed by atoms with Crippen molar-refractivity contribution in [3.05, 3.63) is 30.1 Å². The van der Waals surface area contributed by atoms with Crippen LogP contribution in [-0.2, 0) is 16.1 Å². The van der Waals surface area contributed by atoms with E-state index in [2.05, 4.69) is 16.0 Å². The van der Waals surface area contributed by atoms with Crippen LogP contribution in [0.3, 0.4) is 0 Å². The molecule has 0 radical (unpaired) electrons. The molecule has 1 aromatic heterocycles. The van der Waals surface area contributed by atoms with E-state index in [1.807, 2.05) is 30.3 Å². The Bertz CT molecular complexity index is 541. The van der Waals surface area contributed by atoms with Crippen molar-refractivity contribution in [1.29, 1.82) is 0 Å². The minimum atomic E-state index is 0.295. The molecule has 0 unspecified atom stereocenters. The molecule has 0 bridgehead atoms. The van der Waals surface area contributed by atoms with E-state index in [-0.39, 0.29) is 0 Å². The van der Waals surface area contributed by atoms with Gasteiger partial charge in [-0.3, -0.25) is 14.7 Å². The zero-order valence-corrected chi connectivity index (χ0v) is 14.9. The van der Waals surface area contributed by atoms with E-state index in [0.717, 1.165) is 45.6 Å². The summed E-state index contributed by atoms with van der Waals surface area (Å²) in [5.41, 5.74) is 1.60. The Kier molecular flexibility index (Phi) is 5.51. The first-order valence-electron chi connectivity index (χ1n) is 9.05. The van der Waals surface area contributed by atoms with Crippen LogP contribution in [0, 0.1) is 5.41 Å². The first-order valence-corrected chi connectivity index (χ1v) is 9.05. The first-order chi connectivity index (χ1) is 11.7. The van der Waals surface area contributed by atoms with Gasteiger partial charge in [-0.1, -0.05) is 13.0 Å². The topological polar surface area (TPSA) is 45.7 Å². The van der Waals surface area contributed by atoms with Gasteiger partial charge in [0.05, 0.1) is 6.61 Å². The largest absolute Gasteiger partial charge is 0.383 e. The molecule has 0 aromatic carbocycles. The van der Waals surface area contributed by atoms with E-state index in [0.29, 0.717) is 23.8 Å². The molecule has 3 rings (SSSR count). The molecule has 1 spiro atoms. The third kappa shape index (κ3) is 3.78. The molecule has 2 aliphatic rings. The molecule has 5 heteroatoms. The molecule has 2 fully saturated rings. The molecule has 1 atom stereocenters. The summed E-state index contributed by atoms with van der Waals surface area (Å²) in [5, 5.41) is 0. The number of methoxy groups -OCH3 is 1. The minimum absolute atomic E-state index is 0.295. The van der Waals surface area contributed by atoms with E-state index < -0.39 is 0 Å². The number of carbonyl (C=O) groups is 1. The van der Waals surface area contributed by atoms with Crippen molar-refractivity contribution in [2.45, 2.75) is 45.2 Å². The van der Waals surface area contributed by atoms with Gasteiger partial charge in [-0.25, -0.2) is 0 Å². The molecular weight excluding hydrogens is 302 g/mol. The summed E-state index contributed by atoms with van der Waals surface area (Å²) in [7, 11) is 1.79. The predicted octanol–water partition coefficient (Wildman–Crippen LogP) is 2.32. The van der Waals surface area contributed by atoms with Gasteiger partial charge in [-0.15, -0.1) is 0 Å². The van der Waals surface area contributed by atoms with Crippen molar-refractivity contribution >= 4 is 5.91 Å². The molecule has 1 aromatic rings. The number of pyridine rings is 1. The molecule has 2 saturated heterocycles. The standard InChI is InChI=1S/C19H29N3O2/c1-3-18(23)21-9-6-19(7-10-21)11-17(14-24-2)22(15-19)13-16-5-4-8-20-12-16/h4-5,8,12,17H,3,6-7,9-11,13-15H2,1-2H3/t17-/m0/s1. The Morgan fingerprint density at radius 1 is 1.42 bits per heavy atom. The Balaban J connectivity index is 1.65. The highest BCUT2D eigenvalue weighted by molar-refractivity contribution is 5.75. The van der Waals surface area contributed by atoms with Crippen LogP contribution in [-0.4, -0.2) is 60.1 Å². The number of hydrogen-bond donors (Lipinski definition) is 0. The summed E-state index contributed by atoms with van der Waals surface area (Å²) in [6, 6.07) is 4.61. The number of ether oxygens (including phenoxy) is 1. The lowest BCUT2D eigenvalue weighted by Gasteiger charge is -2.39. The van der Waals surface area contributed by atoms with Crippen LogP contribution in [0.5, 0.6) is 0 Å². The number of rotatable bonds is 5. The van der Waals surface area contributed by atoms with Crippen molar-refractivity contribution in [2.75, 3.05) is 33.4 Å². The smallest absolute Gasteiger partial charge is 0.222 e. The summed E-state index contributed by atoms with van der Waals surface area (Å²) in [4.78, 5) is 20.8. The van der Waals surface area contributed by atoms with E-state index >= 15 is 0 Å². The second-order valence-corrected chi connectivity index (χ2v) is 7.31. The second-order valence-electron chi connectivity index (χ2n) is 7.31. The van der Waals surface area contributed by atoms with Crippen LogP contribution in [0.4, 0.5) is 0 Å². The van der Waals surface area contributed by atoms with E-state index in [9.17, 15) is 4.79 Å². The monoisotopic (exact) mass is 331 g/mol. The molecule has 0 N–H and O–H groups in total. The fraction of sp³-hybridized carbons (Fsp3) is 0.684. The van der Waals surface area contributed by atoms with Crippen LogP contribution < -0.4 is 0 Å². The van der Waals surface area contributed by atoms with Crippen LogP contribution in [0.15, 0.2) is 24.5 Å². The molecule has 3 heterocycles. The van der Waals surface area contributed by atoms with Crippen molar-refractivity contribution < 1.29 is 9.53 Å². The van der Waals surface area contributed by atoms with E-state index in [1.165, 1.54) is 12.0 Å². The third-order valence-corrected chi connectivity index (χ3v) is 5.67. The minimum Gasteiger partial charge on any atom is -0.383 e. The Morgan fingerprint density at radius 2 is 2.21 bits per heavy atom. The molecule has 24 heavy (non-hydrogen) atoms. The van der Waals surface area contributed by atoms with Gasteiger partial charge in [-0.2, -0.15) is 0 Å². The van der Waals surface area contributed by atoms with Gasteiger partial charge < -0.3 is 9.64 Å². The summed E-state index contributed by atoms with van der Waals surface area (Å²) in [5.74, 6) is 0.295. The normalized spacial score (nSPS) is 23.8. The highest BCUT2D eigenvalue weighted by atomic mass is 16.5. The Labute approximate surface area is 145 Å². The lowest BCUT2D eigenvalue weighted by molar-refractivity contribution is -0.133. The lowest BCUT2D eigenvalue weighted by Crippen LogP contribution is -2.44. The third-order valence-electron chi connectivity index (χ3n) is 5.67. The van der Waals surface area contributed by atoms with Gasteiger partial charge >= 0.3 is 0 Å². The molecular formula is C19H29N3O2. The number of piperidine rings is 1. The van der Waals surface area contributed by atoms with Crippen molar-refractivity contribution in [3.63, 3.8) is 0 Å². The summed E-state index contributed by atoms with van der Waals surface area (Å²) >= 11 is 0. The highest BCUT2D eigenvalue weighted by Crippen LogP contribution is 2.44. The van der Waals surface area contributed by atoms with Crippen LogP contribution >= 0.6 is 0 Å². The van der Waals surface area contributed by atoms with Crippen LogP contribution in [0.25, 0.3) is 0 Å². The average molecular weight is 331 g/mol. The number of likely N-dealkylation sites (tertiary alicyclic amines) is 2. The summed E-state index contributed by atoms with van der Waals surface area (Å²) in [6.07, 6.45) is 7.80. The van der Waals surface area contributed by atoms with Gasteiger partial charge in [0.15, 0.2) is 0 Å². The van der Waals surface area contributed by atoms with Crippen molar-refractivity contribution in [2.24, 2.45) is 5.41 Å². The Hall–Kier alpha value is -1.46. The zero-order valence-electron chi connectivity index (χ0n) is 14.9. The highest BCUT2D eigenvalue weighted by Gasteiger charge is 2.45. The fourth-order valence-corrected chi connectivity index (χ4v) is 4.34. The van der Waals surface area contributed by atoms with E-state index in [1.54, 1.807) is 7.11 Å². The molecule has 0 saturated carbocycles. The average Bonchev–Trinajstić information content (AvgIpc) is 2.93. The van der Waals surface area contributed by atoms with Gasteiger partial charge in [0.25, 0.3) is 0 Å². The zero-order chi connectivity index (χ0) is 17.0. The predicted molar refractivity (Wildman–Crippen MR) is 93.5 cm³/mol. The second kappa shape index (κ2) is 7.62. The Morgan fingerprint density at radius 3 is 2.83 bits per heavy atom. The molecule has 132 valence electrons. The van der Waals surface area contributed by atoms with Gasteiger partial charge in [-0.05, 0) is 36.3 Å². The maximum atomic E-state index is 11.9. The number of amides is 1. The molecule has 5 nitrogen and oxygen atoms in total. The number of aromatic nitrogens is 1. The SMILES string of the molecule is CCC(=O)N1CCC2(CC1)C[C@@H](COC)N(Cc1cccnc1)C2. The quantitative estimate of drug-likeness (QED) is 0.831. The summed E-state index contributed by atoms with van der Waals surface area (Å²) < 4.78 is 5.48. The van der Waals surface area contributed by atoms with Gasteiger partial charge in [0.1, 0.15) is 0 Å². The molecule has 0 aliphatic carbocycles. The van der Waals surface area contributed by atoms with E-state index in [4.69, 9.17) is 4.74 Å². The van der Waals surface area contributed by atoms with Crippen LogP contribution in [0.1, 0.15) is 38.2 Å². The van der Waals surface area contributed by atoms with Crippen LogP contribution in [0.2, 0.25) is 0 Å². The lowest BCUT2D eigenvalue weighted by atomic mass is 9.76. The van der Waals surface area contributed by atoms with Gasteiger partial charge in [0.2, 0.25) is 5.91 Å². The molecule has 1 amide bonds. The fourth-order valence-electron chi connectivity index (χ4n) is 4.34.